The predicted molar refractivity (Wildman–Crippen MR) is 75.1 cm³/mol. The van der Waals surface area contributed by atoms with Crippen LogP contribution in [0, 0.1) is 5.92 Å². The maximum absolute atomic E-state index is 4.50. The Hall–Kier alpha value is -1.78. The molecule has 0 amide bonds. The van der Waals surface area contributed by atoms with E-state index in [0.717, 1.165) is 36.2 Å². The van der Waals surface area contributed by atoms with Crippen LogP contribution < -0.4 is 10.6 Å². The zero-order valence-corrected chi connectivity index (χ0v) is 11.3. The summed E-state index contributed by atoms with van der Waals surface area (Å²) in [6, 6.07) is 0. The number of hydrogen-bond donors (Lipinski definition) is 2. The lowest BCUT2D eigenvalue weighted by molar-refractivity contribution is 0.567. The molecule has 0 fully saturated rings. The zero-order chi connectivity index (χ0) is 13.0. The summed E-state index contributed by atoms with van der Waals surface area (Å²) in [6.07, 6.45) is 8.02. The van der Waals surface area contributed by atoms with Crippen molar-refractivity contribution in [3.63, 3.8) is 0 Å². The van der Waals surface area contributed by atoms with Gasteiger partial charge in [0.05, 0.1) is 6.20 Å². The third-order valence-electron chi connectivity index (χ3n) is 2.88. The standard InChI is InChI=1S/C13H21N5/c1-10(2)5-4-6-15-12-13-16-7-8-18(13)9-11(14-3)17-12/h7-10,14H,4-6H2,1-3H3,(H,15,17). The number of rotatable bonds is 6. The molecular formula is C13H21N5. The van der Waals surface area contributed by atoms with Crippen LogP contribution in [-0.4, -0.2) is 28.0 Å². The quantitative estimate of drug-likeness (QED) is 0.770. The number of fused-ring (bicyclic) bond motifs is 1. The van der Waals surface area contributed by atoms with Crippen molar-refractivity contribution >= 4 is 17.3 Å². The highest BCUT2D eigenvalue weighted by Crippen LogP contribution is 2.16. The molecule has 5 nitrogen and oxygen atoms in total. The molecule has 0 aliphatic carbocycles. The normalized spacial score (nSPS) is 11.1. The lowest BCUT2D eigenvalue weighted by atomic mass is 10.1. The summed E-state index contributed by atoms with van der Waals surface area (Å²) in [6.45, 7) is 5.42. The van der Waals surface area contributed by atoms with Crippen LogP contribution in [0.1, 0.15) is 26.7 Å². The van der Waals surface area contributed by atoms with Crippen LogP contribution >= 0.6 is 0 Å². The third kappa shape index (κ3) is 2.91. The van der Waals surface area contributed by atoms with E-state index < -0.39 is 0 Å². The second-order valence-electron chi connectivity index (χ2n) is 4.85. The summed E-state index contributed by atoms with van der Waals surface area (Å²) in [5.41, 5.74) is 0.874. The summed E-state index contributed by atoms with van der Waals surface area (Å²) in [5, 5.41) is 6.43. The molecule has 0 unspecified atom stereocenters. The second-order valence-corrected chi connectivity index (χ2v) is 4.85. The Labute approximate surface area is 108 Å². The molecule has 0 radical (unpaired) electrons. The predicted octanol–water partition coefficient (Wildman–Crippen LogP) is 2.62. The number of hydrogen-bond acceptors (Lipinski definition) is 4. The molecule has 0 bridgehead atoms. The van der Waals surface area contributed by atoms with Gasteiger partial charge in [0.1, 0.15) is 5.82 Å². The van der Waals surface area contributed by atoms with Crippen LogP contribution in [0.2, 0.25) is 0 Å². The number of aromatic nitrogens is 3. The first kappa shape index (κ1) is 12.7. The van der Waals surface area contributed by atoms with Crippen LogP contribution in [0.25, 0.3) is 5.65 Å². The van der Waals surface area contributed by atoms with Crippen molar-refractivity contribution in [2.45, 2.75) is 26.7 Å². The van der Waals surface area contributed by atoms with E-state index >= 15 is 0 Å². The second kappa shape index (κ2) is 5.71. The molecule has 2 N–H and O–H groups in total. The Bertz CT molecular complexity index is 503. The minimum absolute atomic E-state index is 0.745. The SMILES string of the molecule is CNc1cn2ccnc2c(NCCCC(C)C)n1. The van der Waals surface area contributed by atoms with Crippen molar-refractivity contribution in [3.05, 3.63) is 18.6 Å². The number of nitrogens with zero attached hydrogens (tertiary/aromatic N) is 3. The van der Waals surface area contributed by atoms with E-state index in [1.54, 1.807) is 6.20 Å². The molecule has 0 aliphatic heterocycles. The number of imidazole rings is 1. The first-order chi connectivity index (χ1) is 8.70. The summed E-state index contributed by atoms with van der Waals surface area (Å²) in [5.74, 6) is 2.43. The van der Waals surface area contributed by atoms with Crippen molar-refractivity contribution in [2.75, 3.05) is 24.2 Å². The molecule has 18 heavy (non-hydrogen) atoms. The van der Waals surface area contributed by atoms with Gasteiger partial charge in [-0.25, -0.2) is 9.97 Å². The maximum Gasteiger partial charge on any atom is 0.180 e. The van der Waals surface area contributed by atoms with Crippen LogP contribution in [0.15, 0.2) is 18.6 Å². The van der Waals surface area contributed by atoms with Gasteiger partial charge in [-0.05, 0) is 18.8 Å². The Morgan fingerprint density at radius 2 is 2.22 bits per heavy atom. The highest BCUT2D eigenvalue weighted by Gasteiger charge is 2.06. The van der Waals surface area contributed by atoms with Crippen LogP contribution in [0.5, 0.6) is 0 Å². The number of nitrogens with one attached hydrogen (secondary N) is 2. The Morgan fingerprint density at radius 1 is 1.39 bits per heavy atom. The van der Waals surface area contributed by atoms with E-state index in [0.29, 0.717) is 0 Å². The molecule has 0 saturated heterocycles. The van der Waals surface area contributed by atoms with Gasteiger partial charge in [0.2, 0.25) is 0 Å². The molecule has 0 atom stereocenters. The molecule has 0 spiro atoms. The van der Waals surface area contributed by atoms with Gasteiger partial charge in [0, 0.05) is 26.0 Å². The minimum atomic E-state index is 0.745. The summed E-state index contributed by atoms with van der Waals surface area (Å²) in [4.78, 5) is 8.82. The third-order valence-corrected chi connectivity index (χ3v) is 2.88. The van der Waals surface area contributed by atoms with Gasteiger partial charge in [-0.1, -0.05) is 13.8 Å². The van der Waals surface area contributed by atoms with Crippen LogP contribution in [0.3, 0.4) is 0 Å². The monoisotopic (exact) mass is 247 g/mol. The van der Waals surface area contributed by atoms with Crippen molar-refractivity contribution in [1.29, 1.82) is 0 Å². The Balaban J connectivity index is 2.08. The van der Waals surface area contributed by atoms with Gasteiger partial charge in [-0.3, -0.25) is 0 Å². The molecular weight excluding hydrogens is 226 g/mol. The fourth-order valence-electron chi connectivity index (χ4n) is 1.89. The highest BCUT2D eigenvalue weighted by molar-refractivity contribution is 5.65. The average molecular weight is 247 g/mol. The van der Waals surface area contributed by atoms with E-state index in [1.165, 1.54) is 6.42 Å². The first-order valence-corrected chi connectivity index (χ1v) is 6.46. The Morgan fingerprint density at radius 3 is 2.94 bits per heavy atom. The number of anilines is 2. The van der Waals surface area contributed by atoms with Gasteiger partial charge >= 0.3 is 0 Å². The van der Waals surface area contributed by atoms with Crippen LogP contribution in [-0.2, 0) is 0 Å². The van der Waals surface area contributed by atoms with Crippen molar-refractivity contribution in [3.8, 4) is 0 Å². The smallest absolute Gasteiger partial charge is 0.180 e. The molecule has 98 valence electrons. The van der Waals surface area contributed by atoms with E-state index in [2.05, 4.69) is 34.4 Å². The van der Waals surface area contributed by atoms with Crippen molar-refractivity contribution in [2.24, 2.45) is 5.92 Å². The first-order valence-electron chi connectivity index (χ1n) is 6.46. The van der Waals surface area contributed by atoms with Crippen LogP contribution in [0.4, 0.5) is 11.6 Å². The van der Waals surface area contributed by atoms with Gasteiger partial charge in [0.15, 0.2) is 11.5 Å². The topological polar surface area (TPSA) is 54.2 Å². The average Bonchev–Trinajstić information content (AvgIpc) is 2.82. The fraction of sp³-hybridized carbons (Fsp3) is 0.538. The summed E-state index contributed by atoms with van der Waals surface area (Å²) < 4.78 is 1.98. The van der Waals surface area contributed by atoms with E-state index in [1.807, 2.05) is 23.8 Å². The fourth-order valence-corrected chi connectivity index (χ4v) is 1.89. The van der Waals surface area contributed by atoms with E-state index in [4.69, 9.17) is 0 Å². The van der Waals surface area contributed by atoms with Gasteiger partial charge in [-0.2, -0.15) is 0 Å². The highest BCUT2D eigenvalue weighted by atomic mass is 15.1. The van der Waals surface area contributed by atoms with Gasteiger partial charge in [0.25, 0.3) is 0 Å². The van der Waals surface area contributed by atoms with Crippen molar-refractivity contribution < 1.29 is 0 Å². The zero-order valence-electron chi connectivity index (χ0n) is 11.3. The summed E-state index contributed by atoms with van der Waals surface area (Å²) >= 11 is 0. The molecule has 0 aliphatic rings. The molecule has 2 rings (SSSR count). The summed E-state index contributed by atoms with van der Waals surface area (Å²) in [7, 11) is 1.87. The van der Waals surface area contributed by atoms with E-state index in [-0.39, 0.29) is 0 Å². The molecule has 2 aromatic heterocycles. The molecule has 0 aromatic carbocycles. The molecule has 0 saturated carbocycles. The van der Waals surface area contributed by atoms with Gasteiger partial charge < -0.3 is 15.0 Å². The molecule has 2 aromatic rings. The van der Waals surface area contributed by atoms with Gasteiger partial charge in [-0.15, -0.1) is 0 Å². The van der Waals surface area contributed by atoms with Crippen molar-refractivity contribution in [1.82, 2.24) is 14.4 Å². The lowest BCUT2D eigenvalue weighted by Crippen LogP contribution is -2.08. The van der Waals surface area contributed by atoms with E-state index in [9.17, 15) is 0 Å². The minimum Gasteiger partial charge on any atom is -0.372 e. The Kier molecular flexibility index (Phi) is 4.02. The molecule has 2 heterocycles. The largest absolute Gasteiger partial charge is 0.372 e. The lowest BCUT2D eigenvalue weighted by Gasteiger charge is -2.10. The maximum atomic E-state index is 4.50. The molecule has 5 heteroatoms.